The fourth-order valence-corrected chi connectivity index (χ4v) is 1.18. The molecule has 0 aliphatic carbocycles. The summed E-state index contributed by atoms with van der Waals surface area (Å²) in [4.78, 5) is 21.5. The first-order valence-corrected chi connectivity index (χ1v) is 5.06. The average Bonchev–Trinajstić information content (AvgIpc) is 2.28. The van der Waals surface area contributed by atoms with Crippen molar-refractivity contribution in [3.05, 3.63) is 35.1 Å². The summed E-state index contributed by atoms with van der Waals surface area (Å²) >= 11 is 0. The van der Waals surface area contributed by atoms with Gasteiger partial charge in [-0.05, 0) is 25.1 Å². The molecule has 3 nitrogen and oxygen atoms in total. The highest BCUT2D eigenvalue weighted by Crippen LogP contribution is 2.06. The van der Waals surface area contributed by atoms with E-state index in [0.29, 0.717) is 18.5 Å². The van der Waals surface area contributed by atoms with Crippen LogP contribution in [0.5, 0.6) is 0 Å². The van der Waals surface area contributed by atoms with E-state index in [9.17, 15) is 14.0 Å². The second-order valence-corrected chi connectivity index (χ2v) is 3.17. The zero-order valence-electron chi connectivity index (χ0n) is 9.33. The van der Waals surface area contributed by atoms with Crippen LogP contribution < -0.4 is 0 Å². The Hall–Kier alpha value is -2.15. The number of rotatable bonds is 3. The van der Waals surface area contributed by atoms with Gasteiger partial charge in [-0.3, -0.25) is 9.59 Å². The number of ether oxygens (including phenoxy) is 1. The first-order chi connectivity index (χ1) is 8.15. The standard InChI is InChI=1S/C13H11FO3/c1-2-17-13(16)5-3-4-10-6-11(9-15)8-12(14)7-10/h6-9H,2,5H2,1H3. The van der Waals surface area contributed by atoms with Gasteiger partial charge >= 0.3 is 5.97 Å². The molecule has 0 fully saturated rings. The Balaban J connectivity index is 2.74. The van der Waals surface area contributed by atoms with E-state index >= 15 is 0 Å². The van der Waals surface area contributed by atoms with Crippen LogP contribution in [-0.4, -0.2) is 18.9 Å². The van der Waals surface area contributed by atoms with Gasteiger partial charge in [0.25, 0.3) is 0 Å². The monoisotopic (exact) mass is 234 g/mol. The minimum atomic E-state index is -0.532. The summed E-state index contributed by atoms with van der Waals surface area (Å²) in [6, 6.07) is 3.77. The predicted molar refractivity (Wildman–Crippen MR) is 59.9 cm³/mol. The molecule has 88 valence electrons. The molecule has 1 aromatic carbocycles. The van der Waals surface area contributed by atoms with E-state index in [1.807, 2.05) is 0 Å². The molecule has 4 heteroatoms. The molecule has 0 aromatic heterocycles. The van der Waals surface area contributed by atoms with E-state index in [1.54, 1.807) is 6.92 Å². The summed E-state index contributed by atoms with van der Waals surface area (Å²) < 4.78 is 17.7. The first kappa shape index (κ1) is 12.9. The normalized spacial score (nSPS) is 9.06. The Bertz CT molecular complexity index is 483. The fraction of sp³-hybridized carbons (Fsp3) is 0.231. The van der Waals surface area contributed by atoms with E-state index in [-0.39, 0.29) is 12.0 Å². The summed E-state index contributed by atoms with van der Waals surface area (Å²) in [6.45, 7) is 2.00. The molecule has 17 heavy (non-hydrogen) atoms. The average molecular weight is 234 g/mol. The number of esters is 1. The van der Waals surface area contributed by atoms with Gasteiger partial charge in [0.2, 0.25) is 0 Å². The third-order valence-corrected chi connectivity index (χ3v) is 1.83. The maximum absolute atomic E-state index is 13.0. The molecular formula is C13H11FO3. The van der Waals surface area contributed by atoms with E-state index in [0.717, 1.165) is 6.07 Å². The number of halogens is 1. The second-order valence-electron chi connectivity index (χ2n) is 3.17. The lowest BCUT2D eigenvalue weighted by molar-refractivity contribution is -0.141. The van der Waals surface area contributed by atoms with Gasteiger partial charge in [0.15, 0.2) is 0 Å². The van der Waals surface area contributed by atoms with Crippen molar-refractivity contribution in [1.82, 2.24) is 0 Å². The fourth-order valence-electron chi connectivity index (χ4n) is 1.18. The third kappa shape index (κ3) is 4.47. The van der Waals surface area contributed by atoms with Gasteiger partial charge in [-0.25, -0.2) is 4.39 Å². The number of hydrogen-bond acceptors (Lipinski definition) is 3. The van der Waals surface area contributed by atoms with Crippen LogP contribution in [0.3, 0.4) is 0 Å². The van der Waals surface area contributed by atoms with E-state index in [2.05, 4.69) is 16.6 Å². The first-order valence-electron chi connectivity index (χ1n) is 5.06. The minimum Gasteiger partial charge on any atom is -0.465 e. The molecule has 0 amide bonds. The van der Waals surface area contributed by atoms with Gasteiger partial charge in [-0.2, -0.15) is 0 Å². The van der Waals surface area contributed by atoms with Crippen LogP contribution in [0.4, 0.5) is 4.39 Å². The molecule has 1 aromatic rings. The SMILES string of the molecule is CCOC(=O)CC#Cc1cc(F)cc(C=O)c1. The number of hydrogen-bond donors (Lipinski definition) is 0. The summed E-state index contributed by atoms with van der Waals surface area (Å²) in [5.41, 5.74) is 0.571. The van der Waals surface area contributed by atoms with Crippen molar-refractivity contribution in [2.24, 2.45) is 0 Å². The maximum atomic E-state index is 13.0. The Morgan fingerprint density at radius 3 is 2.88 bits per heavy atom. The van der Waals surface area contributed by atoms with E-state index in [1.165, 1.54) is 12.1 Å². The van der Waals surface area contributed by atoms with Crippen LogP contribution in [-0.2, 0) is 9.53 Å². The largest absolute Gasteiger partial charge is 0.465 e. The molecule has 0 heterocycles. The molecule has 0 atom stereocenters. The minimum absolute atomic E-state index is 0.0548. The quantitative estimate of drug-likeness (QED) is 0.456. The highest BCUT2D eigenvalue weighted by molar-refractivity contribution is 5.76. The second kappa shape index (κ2) is 6.44. The molecule has 0 spiro atoms. The molecule has 0 bridgehead atoms. The van der Waals surface area contributed by atoms with Crippen molar-refractivity contribution in [1.29, 1.82) is 0 Å². The molecule has 0 aliphatic rings. The molecular weight excluding hydrogens is 223 g/mol. The lowest BCUT2D eigenvalue weighted by atomic mass is 10.1. The van der Waals surface area contributed by atoms with Gasteiger partial charge in [0.05, 0.1) is 6.61 Å². The van der Waals surface area contributed by atoms with Crippen molar-refractivity contribution in [2.45, 2.75) is 13.3 Å². The lowest BCUT2D eigenvalue weighted by Gasteiger charge is -1.96. The molecule has 0 aliphatic heterocycles. The summed E-state index contributed by atoms with van der Waals surface area (Å²) in [7, 11) is 0. The van der Waals surface area contributed by atoms with Crippen molar-refractivity contribution in [2.75, 3.05) is 6.61 Å². The van der Waals surface area contributed by atoms with Crippen LogP contribution in [0.15, 0.2) is 18.2 Å². The Morgan fingerprint density at radius 1 is 1.47 bits per heavy atom. The molecule has 1 rings (SSSR count). The van der Waals surface area contributed by atoms with Gasteiger partial charge in [0.1, 0.15) is 18.5 Å². The predicted octanol–water partition coefficient (Wildman–Crippen LogP) is 1.94. The highest BCUT2D eigenvalue weighted by atomic mass is 19.1. The third-order valence-electron chi connectivity index (χ3n) is 1.83. The van der Waals surface area contributed by atoms with Crippen LogP contribution >= 0.6 is 0 Å². The summed E-state index contributed by atoms with van der Waals surface area (Å²) in [5, 5.41) is 0. The Kier molecular flexibility index (Phi) is 4.89. The Morgan fingerprint density at radius 2 is 2.24 bits per heavy atom. The smallest absolute Gasteiger partial charge is 0.317 e. The van der Waals surface area contributed by atoms with Gasteiger partial charge < -0.3 is 4.74 Å². The summed E-state index contributed by atoms with van der Waals surface area (Å²) in [6.07, 6.45) is 0.486. The summed E-state index contributed by atoms with van der Waals surface area (Å²) in [5.74, 6) is 4.20. The van der Waals surface area contributed by atoms with Crippen molar-refractivity contribution < 1.29 is 18.7 Å². The van der Waals surface area contributed by atoms with E-state index in [4.69, 9.17) is 0 Å². The lowest BCUT2D eigenvalue weighted by Crippen LogP contribution is -2.01. The van der Waals surface area contributed by atoms with Crippen molar-refractivity contribution >= 4 is 12.3 Å². The molecule has 0 saturated heterocycles. The van der Waals surface area contributed by atoms with E-state index < -0.39 is 11.8 Å². The van der Waals surface area contributed by atoms with Crippen LogP contribution in [0.2, 0.25) is 0 Å². The zero-order chi connectivity index (χ0) is 12.7. The zero-order valence-corrected chi connectivity index (χ0v) is 9.33. The van der Waals surface area contributed by atoms with Gasteiger partial charge in [-0.15, -0.1) is 0 Å². The topological polar surface area (TPSA) is 43.4 Å². The maximum Gasteiger partial charge on any atom is 0.317 e. The van der Waals surface area contributed by atoms with Crippen LogP contribution in [0.1, 0.15) is 29.3 Å². The van der Waals surface area contributed by atoms with Gasteiger partial charge in [-0.1, -0.05) is 11.8 Å². The Labute approximate surface area is 98.6 Å². The van der Waals surface area contributed by atoms with Gasteiger partial charge in [0, 0.05) is 11.1 Å². The van der Waals surface area contributed by atoms with Crippen LogP contribution in [0.25, 0.3) is 0 Å². The van der Waals surface area contributed by atoms with Crippen molar-refractivity contribution in [3.63, 3.8) is 0 Å². The molecule has 0 saturated carbocycles. The number of carbonyl (C=O) groups is 2. The van der Waals surface area contributed by atoms with Crippen molar-refractivity contribution in [3.8, 4) is 11.8 Å². The molecule has 0 radical (unpaired) electrons. The van der Waals surface area contributed by atoms with Crippen LogP contribution in [0, 0.1) is 17.7 Å². The highest BCUT2D eigenvalue weighted by Gasteiger charge is 1.99. The number of carbonyl (C=O) groups excluding carboxylic acids is 2. The number of benzene rings is 1. The molecule has 0 unspecified atom stereocenters. The number of aldehydes is 1. The molecule has 0 N–H and O–H groups in total.